The fourth-order valence-electron chi connectivity index (χ4n) is 2.42. The predicted molar refractivity (Wildman–Crippen MR) is 72.6 cm³/mol. The van der Waals surface area contributed by atoms with Crippen molar-refractivity contribution in [3.63, 3.8) is 0 Å². The Labute approximate surface area is 116 Å². The average Bonchev–Trinajstić information content (AvgIpc) is 2.89. The van der Waals surface area contributed by atoms with Crippen molar-refractivity contribution in [1.29, 1.82) is 0 Å². The number of aromatic carboxylic acids is 1. The van der Waals surface area contributed by atoms with Crippen LogP contribution in [0.4, 0.5) is 0 Å². The Balaban J connectivity index is 1.75. The molecule has 0 aromatic carbocycles. The Morgan fingerprint density at radius 2 is 2.11 bits per heavy atom. The highest BCUT2D eigenvalue weighted by atomic mass is 32.1. The summed E-state index contributed by atoms with van der Waals surface area (Å²) in [4.78, 5) is 26.2. The maximum atomic E-state index is 11.8. The van der Waals surface area contributed by atoms with Crippen molar-refractivity contribution in [2.24, 2.45) is 5.92 Å². The van der Waals surface area contributed by atoms with Crippen LogP contribution in [0, 0.1) is 5.92 Å². The number of aromatic nitrogens is 1. The van der Waals surface area contributed by atoms with E-state index in [9.17, 15) is 9.59 Å². The van der Waals surface area contributed by atoms with E-state index < -0.39 is 5.97 Å². The summed E-state index contributed by atoms with van der Waals surface area (Å²) >= 11 is 1.07. The van der Waals surface area contributed by atoms with E-state index >= 15 is 0 Å². The highest BCUT2D eigenvalue weighted by Gasteiger charge is 2.16. The van der Waals surface area contributed by atoms with E-state index in [-0.39, 0.29) is 16.6 Å². The minimum Gasteiger partial charge on any atom is -0.476 e. The summed E-state index contributed by atoms with van der Waals surface area (Å²) in [5, 5.41) is 13.2. The summed E-state index contributed by atoms with van der Waals surface area (Å²) in [5.74, 6) is -0.647. The van der Waals surface area contributed by atoms with Gasteiger partial charge in [-0.25, -0.2) is 9.78 Å². The van der Waals surface area contributed by atoms with Crippen molar-refractivity contribution in [3.8, 4) is 0 Å². The molecule has 0 radical (unpaired) electrons. The summed E-state index contributed by atoms with van der Waals surface area (Å²) in [5.41, 5.74) is -0.0672. The molecule has 1 fully saturated rings. The summed E-state index contributed by atoms with van der Waals surface area (Å²) in [7, 11) is 0. The van der Waals surface area contributed by atoms with Crippen LogP contribution in [0.2, 0.25) is 0 Å². The molecule has 1 aliphatic carbocycles. The lowest BCUT2D eigenvalue weighted by molar-refractivity contribution is 0.0691. The van der Waals surface area contributed by atoms with Gasteiger partial charge in [0.1, 0.15) is 0 Å². The number of carboxylic acids is 1. The standard InChI is InChI=1S/C13H18N2O3S/c16-11(12-15-10(8-19-12)13(17)18)14-7-6-9-4-2-1-3-5-9/h8-9H,1-7H2,(H,14,16)(H,17,18). The van der Waals surface area contributed by atoms with Crippen LogP contribution in [-0.4, -0.2) is 28.5 Å². The van der Waals surface area contributed by atoms with E-state index in [0.717, 1.165) is 23.7 Å². The van der Waals surface area contributed by atoms with Crippen molar-refractivity contribution in [3.05, 3.63) is 16.1 Å². The van der Waals surface area contributed by atoms with E-state index in [1.807, 2.05) is 0 Å². The third-order valence-electron chi connectivity index (χ3n) is 3.48. The van der Waals surface area contributed by atoms with Gasteiger partial charge in [0.05, 0.1) is 0 Å². The van der Waals surface area contributed by atoms with E-state index in [0.29, 0.717) is 6.54 Å². The van der Waals surface area contributed by atoms with Crippen molar-refractivity contribution >= 4 is 23.2 Å². The number of rotatable bonds is 5. The Morgan fingerprint density at radius 1 is 1.37 bits per heavy atom. The number of amides is 1. The molecule has 1 saturated carbocycles. The third-order valence-corrected chi connectivity index (χ3v) is 4.32. The first-order valence-electron chi connectivity index (χ1n) is 6.64. The van der Waals surface area contributed by atoms with Crippen LogP contribution < -0.4 is 5.32 Å². The summed E-state index contributed by atoms with van der Waals surface area (Å²) < 4.78 is 0. The van der Waals surface area contributed by atoms with Gasteiger partial charge >= 0.3 is 5.97 Å². The van der Waals surface area contributed by atoms with Crippen molar-refractivity contribution in [2.75, 3.05) is 6.54 Å². The van der Waals surface area contributed by atoms with Crippen LogP contribution >= 0.6 is 11.3 Å². The zero-order chi connectivity index (χ0) is 13.7. The zero-order valence-corrected chi connectivity index (χ0v) is 11.5. The summed E-state index contributed by atoms with van der Waals surface area (Å²) in [6.07, 6.45) is 7.45. The molecule has 1 aromatic rings. The Hall–Kier alpha value is -1.43. The van der Waals surface area contributed by atoms with E-state index in [1.165, 1.54) is 37.5 Å². The van der Waals surface area contributed by atoms with Crippen LogP contribution in [-0.2, 0) is 0 Å². The van der Waals surface area contributed by atoms with Crippen LogP contribution in [0.25, 0.3) is 0 Å². The molecular weight excluding hydrogens is 264 g/mol. The van der Waals surface area contributed by atoms with Gasteiger partial charge in [-0.15, -0.1) is 11.3 Å². The largest absolute Gasteiger partial charge is 0.476 e. The lowest BCUT2D eigenvalue weighted by Gasteiger charge is -2.21. The number of hydrogen-bond acceptors (Lipinski definition) is 4. The highest BCUT2D eigenvalue weighted by Crippen LogP contribution is 2.25. The van der Waals surface area contributed by atoms with Gasteiger partial charge in [-0.05, 0) is 12.3 Å². The lowest BCUT2D eigenvalue weighted by atomic mass is 9.87. The normalized spacial score (nSPS) is 16.2. The molecular formula is C13H18N2O3S. The monoisotopic (exact) mass is 282 g/mol. The molecule has 0 bridgehead atoms. The third kappa shape index (κ3) is 4.02. The minimum atomic E-state index is -1.10. The molecule has 0 unspecified atom stereocenters. The first-order valence-corrected chi connectivity index (χ1v) is 7.52. The topological polar surface area (TPSA) is 79.3 Å². The van der Waals surface area contributed by atoms with Gasteiger partial charge in [0.25, 0.3) is 5.91 Å². The highest BCUT2D eigenvalue weighted by molar-refractivity contribution is 7.11. The number of carbonyl (C=O) groups excluding carboxylic acids is 1. The first kappa shape index (κ1) is 14.0. The van der Waals surface area contributed by atoms with E-state index in [4.69, 9.17) is 5.11 Å². The second-order valence-corrected chi connectivity index (χ2v) is 5.75. The van der Waals surface area contributed by atoms with Crippen molar-refractivity contribution < 1.29 is 14.7 Å². The molecule has 0 aliphatic heterocycles. The second kappa shape index (κ2) is 6.65. The first-order chi connectivity index (χ1) is 9.16. The number of carbonyl (C=O) groups is 2. The lowest BCUT2D eigenvalue weighted by Crippen LogP contribution is -2.26. The van der Waals surface area contributed by atoms with Gasteiger partial charge in [0.15, 0.2) is 10.7 Å². The van der Waals surface area contributed by atoms with E-state index in [2.05, 4.69) is 10.3 Å². The van der Waals surface area contributed by atoms with Crippen molar-refractivity contribution in [1.82, 2.24) is 10.3 Å². The fourth-order valence-corrected chi connectivity index (χ4v) is 3.12. The summed E-state index contributed by atoms with van der Waals surface area (Å²) in [6.45, 7) is 0.644. The van der Waals surface area contributed by atoms with Crippen LogP contribution in [0.3, 0.4) is 0 Å². The Morgan fingerprint density at radius 3 is 2.74 bits per heavy atom. The molecule has 1 heterocycles. The molecule has 2 rings (SSSR count). The molecule has 1 amide bonds. The quantitative estimate of drug-likeness (QED) is 0.869. The van der Waals surface area contributed by atoms with E-state index in [1.54, 1.807) is 0 Å². The van der Waals surface area contributed by atoms with Gasteiger partial charge in [-0.3, -0.25) is 4.79 Å². The SMILES string of the molecule is O=C(O)c1csc(C(=O)NCCC2CCCCC2)n1. The molecule has 104 valence electrons. The minimum absolute atomic E-state index is 0.0672. The predicted octanol–water partition coefficient (Wildman–Crippen LogP) is 2.54. The Kier molecular flexibility index (Phi) is 4.90. The second-order valence-electron chi connectivity index (χ2n) is 4.89. The Bertz CT molecular complexity index is 452. The maximum Gasteiger partial charge on any atom is 0.355 e. The number of thiazole rings is 1. The van der Waals surface area contributed by atoms with Gasteiger partial charge in [-0.2, -0.15) is 0 Å². The molecule has 6 heteroatoms. The van der Waals surface area contributed by atoms with Gasteiger partial charge in [0.2, 0.25) is 0 Å². The van der Waals surface area contributed by atoms with Crippen LogP contribution in [0.15, 0.2) is 5.38 Å². The molecule has 0 saturated heterocycles. The molecule has 1 aromatic heterocycles. The number of hydrogen-bond donors (Lipinski definition) is 2. The maximum absolute atomic E-state index is 11.8. The summed E-state index contributed by atoms with van der Waals surface area (Å²) in [6, 6.07) is 0. The van der Waals surface area contributed by atoms with Crippen molar-refractivity contribution in [2.45, 2.75) is 38.5 Å². The molecule has 2 N–H and O–H groups in total. The molecule has 5 nitrogen and oxygen atoms in total. The van der Waals surface area contributed by atoms with Gasteiger partial charge in [0, 0.05) is 11.9 Å². The zero-order valence-electron chi connectivity index (χ0n) is 10.7. The molecule has 0 spiro atoms. The molecule has 0 atom stereocenters. The average molecular weight is 282 g/mol. The van der Waals surface area contributed by atoms with Gasteiger partial charge in [-0.1, -0.05) is 32.1 Å². The molecule has 19 heavy (non-hydrogen) atoms. The van der Waals surface area contributed by atoms with Crippen LogP contribution in [0.1, 0.15) is 58.8 Å². The van der Waals surface area contributed by atoms with Gasteiger partial charge < -0.3 is 10.4 Å². The molecule has 1 aliphatic rings. The smallest absolute Gasteiger partial charge is 0.355 e. The van der Waals surface area contributed by atoms with Crippen LogP contribution in [0.5, 0.6) is 0 Å². The fraction of sp³-hybridized carbons (Fsp3) is 0.615. The number of nitrogens with one attached hydrogen (secondary N) is 1. The number of nitrogens with zero attached hydrogens (tertiary/aromatic N) is 1. The number of carboxylic acid groups (broad SMARTS) is 1.